The minimum atomic E-state index is -2.52. The average molecular weight is 838 g/mol. The van der Waals surface area contributed by atoms with Crippen LogP contribution in [0.3, 0.4) is 0 Å². The zero-order valence-electron chi connectivity index (χ0n) is 32.3. The van der Waals surface area contributed by atoms with Gasteiger partial charge in [-0.3, -0.25) is 14.4 Å². The molecule has 292 valence electrons. The molecule has 0 radical (unpaired) electrons. The van der Waals surface area contributed by atoms with Crippen LogP contribution in [0.25, 0.3) is 0 Å². The van der Waals surface area contributed by atoms with Crippen LogP contribution in [-0.4, -0.2) is 81.3 Å². The molecule has 4 aromatic rings. The highest BCUT2D eigenvalue weighted by molar-refractivity contribution is 9.10. The summed E-state index contributed by atoms with van der Waals surface area (Å²) in [6.07, 6.45) is 0.0912. The van der Waals surface area contributed by atoms with Crippen molar-refractivity contribution in [2.45, 2.75) is 69.2 Å². The van der Waals surface area contributed by atoms with Crippen molar-refractivity contribution in [1.82, 2.24) is 10.2 Å². The molecule has 10 nitrogen and oxygen atoms in total. The number of rotatable bonds is 9. The lowest BCUT2D eigenvalue weighted by molar-refractivity contribution is -0.151. The molecule has 0 aromatic heterocycles. The topological polar surface area (TPSA) is 112 Å². The maximum Gasteiger partial charge on any atom is 0.264 e. The third-order valence-corrected chi connectivity index (χ3v) is 17.6. The summed E-state index contributed by atoms with van der Waals surface area (Å²) in [6.45, 7) is 8.90. The third-order valence-electron chi connectivity index (χ3n) is 12.7. The van der Waals surface area contributed by atoms with Crippen molar-refractivity contribution >= 4 is 58.3 Å². The Bertz CT molecular complexity index is 2170. The lowest BCUT2D eigenvalue weighted by Crippen LogP contribution is -2.52. The predicted octanol–water partition coefficient (Wildman–Crippen LogP) is 5.49. The Labute approximate surface area is 337 Å². The van der Waals surface area contributed by atoms with Crippen molar-refractivity contribution in [3.05, 3.63) is 118 Å². The van der Waals surface area contributed by atoms with Gasteiger partial charge >= 0.3 is 0 Å². The highest BCUT2D eigenvalue weighted by Gasteiger charge is 2.66. The van der Waals surface area contributed by atoms with Gasteiger partial charge in [0.1, 0.15) is 5.75 Å². The molecule has 0 bridgehead atoms. The van der Waals surface area contributed by atoms with Crippen LogP contribution in [0.2, 0.25) is 18.6 Å². The standard InChI is InChI=1S/C44H49BrN4O6Si/c1-28-42(56(3,4)36-15-13-35(54-2)14-16-36)39(23-40(51)48-26-31-10-6-5-9-30(31)21-34(48)27-50)55-44(28)37-22-32(45)12-17-38(37)49(43(44)53)25-29-8-7-11-33(20-29)47-19-18-46-24-41(47)52/h5-17,20,22,28,34,39,42,46,50H,18-19,21,23-27H2,1-4H3/t28-,34-,39+,42-,44+/m0/s1. The minimum absolute atomic E-state index is 0.0160. The summed E-state index contributed by atoms with van der Waals surface area (Å²) in [7, 11) is -0.865. The van der Waals surface area contributed by atoms with Crippen LogP contribution in [0.4, 0.5) is 11.4 Å². The average Bonchev–Trinajstić information content (AvgIpc) is 3.63. The number of piperazine rings is 1. The molecule has 12 heteroatoms. The molecule has 4 heterocycles. The molecule has 0 aliphatic carbocycles. The molecule has 2 N–H and O–H groups in total. The number of methoxy groups -OCH3 is 1. The van der Waals surface area contributed by atoms with Crippen molar-refractivity contribution < 1.29 is 29.0 Å². The maximum atomic E-state index is 15.4. The number of hydrogen-bond acceptors (Lipinski definition) is 7. The molecular weight excluding hydrogens is 788 g/mol. The lowest BCUT2D eigenvalue weighted by Gasteiger charge is -2.39. The molecular formula is C44H49BrN4O6Si. The Morgan fingerprint density at radius 2 is 1.79 bits per heavy atom. The summed E-state index contributed by atoms with van der Waals surface area (Å²) in [4.78, 5) is 48.2. The van der Waals surface area contributed by atoms with Crippen LogP contribution < -0.4 is 25.0 Å². The van der Waals surface area contributed by atoms with Gasteiger partial charge in [0.15, 0.2) is 5.60 Å². The van der Waals surface area contributed by atoms with E-state index in [9.17, 15) is 14.7 Å². The number of halogens is 1. The highest BCUT2D eigenvalue weighted by atomic mass is 79.9. The van der Waals surface area contributed by atoms with E-state index in [0.29, 0.717) is 39.1 Å². The Balaban J connectivity index is 1.18. The molecule has 8 rings (SSSR count). The number of aliphatic hydroxyl groups is 1. The smallest absolute Gasteiger partial charge is 0.264 e. The van der Waals surface area contributed by atoms with Crippen molar-refractivity contribution in [3.63, 3.8) is 0 Å². The monoisotopic (exact) mass is 836 g/mol. The fourth-order valence-electron chi connectivity index (χ4n) is 9.86. The van der Waals surface area contributed by atoms with Crippen LogP contribution in [-0.2, 0) is 44.2 Å². The third kappa shape index (κ3) is 6.58. The fraction of sp³-hybridized carbons (Fsp3) is 0.386. The quantitative estimate of drug-likeness (QED) is 0.215. The number of hydrogen-bond donors (Lipinski definition) is 2. The predicted molar refractivity (Wildman–Crippen MR) is 223 cm³/mol. The Hall–Kier alpha value is -4.33. The van der Waals surface area contributed by atoms with Gasteiger partial charge in [-0.2, -0.15) is 0 Å². The molecule has 4 aliphatic heterocycles. The van der Waals surface area contributed by atoms with E-state index in [1.807, 2.05) is 82.6 Å². The molecule has 5 atom stereocenters. The second-order valence-corrected chi connectivity index (χ2v) is 21.7. The number of carbonyl (C=O) groups excluding carboxylic acids is 3. The van der Waals surface area contributed by atoms with E-state index < -0.39 is 19.8 Å². The molecule has 2 fully saturated rings. The highest BCUT2D eigenvalue weighted by Crippen LogP contribution is 2.60. The number of amides is 3. The van der Waals surface area contributed by atoms with Crippen LogP contribution in [0, 0.1) is 5.92 Å². The molecule has 0 unspecified atom stereocenters. The number of nitrogens with one attached hydrogen (secondary N) is 1. The minimum Gasteiger partial charge on any atom is -0.497 e. The Kier molecular flexibility index (Phi) is 10.5. The summed E-state index contributed by atoms with van der Waals surface area (Å²) in [5.41, 5.74) is 4.02. The van der Waals surface area contributed by atoms with Crippen LogP contribution >= 0.6 is 15.9 Å². The van der Waals surface area contributed by atoms with Gasteiger partial charge in [-0.25, -0.2) is 0 Å². The second-order valence-electron chi connectivity index (χ2n) is 16.1. The number of anilines is 2. The van der Waals surface area contributed by atoms with E-state index in [4.69, 9.17) is 9.47 Å². The van der Waals surface area contributed by atoms with Gasteiger partial charge in [0.25, 0.3) is 5.91 Å². The van der Waals surface area contributed by atoms with Crippen LogP contribution in [0.5, 0.6) is 5.75 Å². The molecule has 4 aromatic carbocycles. The van der Waals surface area contributed by atoms with E-state index in [1.165, 1.54) is 5.19 Å². The number of aliphatic hydroxyl groups excluding tert-OH is 1. The summed E-state index contributed by atoms with van der Waals surface area (Å²) in [6, 6.07) is 29.7. The van der Waals surface area contributed by atoms with E-state index in [2.05, 4.69) is 59.5 Å². The molecule has 1 spiro atoms. The zero-order chi connectivity index (χ0) is 39.4. The summed E-state index contributed by atoms with van der Waals surface area (Å²) >= 11 is 3.71. The first kappa shape index (κ1) is 38.5. The number of carbonyl (C=O) groups is 3. The first-order valence-electron chi connectivity index (χ1n) is 19.5. The lowest BCUT2D eigenvalue weighted by atomic mass is 9.82. The van der Waals surface area contributed by atoms with Crippen molar-refractivity contribution in [3.8, 4) is 5.75 Å². The first-order valence-corrected chi connectivity index (χ1v) is 23.3. The Morgan fingerprint density at radius 3 is 2.52 bits per heavy atom. The van der Waals surface area contributed by atoms with Gasteiger partial charge in [-0.1, -0.05) is 89.7 Å². The first-order chi connectivity index (χ1) is 27.0. The van der Waals surface area contributed by atoms with Crippen LogP contribution in [0.1, 0.15) is 35.6 Å². The number of benzene rings is 4. The summed E-state index contributed by atoms with van der Waals surface area (Å²) in [5.74, 6) is 0.246. The fourth-order valence-corrected chi connectivity index (χ4v) is 14.2. The maximum absolute atomic E-state index is 15.4. The van der Waals surface area contributed by atoms with Crippen LogP contribution in [0.15, 0.2) is 95.5 Å². The van der Waals surface area contributed by atoms with E-state index in [1.54, 1.807) is 12.0 Å². The molecule has 3 amide bonds. The molecule has 56 heavy (non-hydrogen) atoms. The van der Waals surface area contributed by atoms with Gasteiger partial charge in [0.05, 0.1) is 59.1 Å². The van der Waals surface area contributed by atoms with E-state index in [-0.39, 0.29) is 48.3 Å². The molecule has 2 saturated heterocycles. The van der Waals surface area contributed by atoms with Crippen molar-refractivity contribution in [2.24, 2.45) is 5.92 Å². The van der Waals surface area contributed by atoms with Gasteiger partial charge in [-0.15, -0.1) is 0 Å². The van der Waals surface area contributed by atoms with Gasteiger partial charge in [0, 0.05) is 41.3 Å². The molecule has 0 saturated carbocycles. The SMILES string of the molecule is COc1ccc([Si](C)(C)[C@@H]2[C@@H](CC(=O)N3Cc4ccccc4C[C@H]3CO)O[C@]3(C(=O)N(Cc4cccc(N5CCNCC5=O)c4)c4ccc(Br)cc43)[C@H]2C)cc1. The van der Waals surface area contributed by atoms with Gasteiger partial charge < -0.3 is 34.6 Å². The number of fused-ring (bicyclic) bond motifs is 3. The van der Waals surface area contributed by atoms with E-state index >= 15 is 4.79 Å². The van der Waals surface area contributed by atoms with Gasteiger partial charge in [0.2, 0.25) is 11.8 Å². The largest absolute Gasteiger partial charge is 0.497 e. The molecule has 4 aliphatic rings. The van der Waals surface area contributed by atoms with Gasteiger partial charge in [-0.05, 0) is 71.1 Å². The van der Waals surface area contributed by atoms with E-state index in [0.717, 1.165) is 43.9 Å². The second kappa shape index (κ2) is 15.2. The summed E-state index contributed by atoms with van der Waals surface area (Å²) < 4.78 is 13.7. The van der Waals surface area contributed by atoms with Crippen molar-refractivity contribution in [2.75, 3.05) is 43.2 Å². The Morgan fingerprint density at radius 1 is 1.02 bits per heavy atom. The van der Waals surface area contributed by atoms with Crippen molar-refractivity contribution in [1.29, 1.82) is 0 Å². The zero-order valence-corrected chi connectivity index (χ0v) is 34.9. The number of ether oxygens (including phenoxy) is 2. The number of nitrogens with zero attached hydrogens (tertiary/aromatic N) is 3. The normalized spacial score (nSPS) is 24.8. The summed E-state index contributed by atoms with van der Waals surface area (Å²) in [5, 5.41) is 14.8.